The van der Waals surface area contributed by atoms with E-state index in [1.165, 1.54) is 0 Å². The molecular weight excluding hydrogens is 417 g/mol. The van der Waals surface area contributed by atoms with E-state index in [2.05, 4.69) is 0 Å². The van der Waals surface area contributed by atoms with Crippen LogP contribution in [0, 0.1) is 0 Å². The van der Waals surface area contributed by atoms with Gasteiger partial charge < -0.3 is 14.6 Å². The van der Waals surface area contributed by atoms with E-state index in [1.807, 2.05) is 78.9 Å². The summed E-state index contributed by atoms with van der Waals surface area (Å²) in [6.45, 7) is 0.463. The molecule has 0 atom stereocenters. The van der Waals surface area contributed by atoms with E-state index in [9.17, 15) is 0 Å². The second kappa shape index (κ2) is 9.40. The van der Waals surface area contributed by atoms with Crippen LogP contribution in [0.25, 0.3) is 22.6 Å². The molecule has 0 saturated carbocycles. The molecule has 3 nitrogen and oxygen atoms in total. The van der Waals surface area contributed by atoms with Crippen molar-refractivity contribution >= 4 is 23.2 Å². The Hall–Kier alpha value is -2.72. The summed E-state index contributed by atoms with van der Waals surface area (Å²) in [5, 5.41) is 1.41. The Morgan fingerprint density at radius 3 is 1.50 bits per heavy atom. The van der Waals surface area contributed by atoms with E-state index in [1.54, 1.807) is 0 Å². The largest absolute Gasteiger partial charge is 0.461 e. The Morgan fingerprint density at radius 1 is 0.667 bits per heavy atom. The Bertz CT molecular complexity index is 1050. The summed E-state index contributed by atoms with van der Waals surface area (Å²) < 4.78 is 12.1. The molecular formula is C25H21Cl2NO2. The topological polar surface area (TPSA) is 52.3 Å². The van der Waals surface area contributed by atoms with Crippen LogP contribution in [0.15, 0.2) is 93.3 Å². The number of nitrogens with two attached hydrogens (primary N) is 1. The zero-order valence-electron chi connectivity index (χ0n) is 16.3. The minimum atomic E-state index is 0.463. The van der Waals surface area contributed by atoms with Crippen molar-refractivity contribution in [2.75, 3.05) is 6.54 Å². The van der Waals surface area contributed by atoms with Gasteiger partial charge in [-0.25, -0.2) is 0 Å². The summed E-state index contributed by atoms with van der Waals surface area (Å²) in [5.41, 5.74) is 8.93. The quantitative estimate of drug-likeness (QED) is 0.311. The van der Waals surface area contributed by atoms with E-state index in [4.69, 9.17) is 37.8 Å². The highest BCUT2D eigenvalue weighted by molar-refractivity contribution is 6.30. The molecule has 0 spiro atoms. The van der Waals surface area contributed by atoms with Crippen LogP contribution >= 0.6 is 23.2 Å². The predicted molar refractivity (Wildman–Crippen MR) is 123 cm³/mol. The Kier molecular flexibility index (Phi) is 6.44. The fourth-order valence-corrected chi connectivity index (χ4v) is 3.56. The summed E-state index contributed by atoms with van der Waals surface area (Å²) >= 11 is 11.9. The van der Waals surface area contributed by atoms with Crippen molar-refractivity contribution in [3.05, 3.63) is 106 Å². The summed E-state index contributed by atoms with van der Waals surface area (Å²) in [7, 11) is 0. The Balaban J connectivity index is 1.47. The molecule has 0 fully saturated rings. The van der Waals surface area contributed by atoms with E-state index in [-0.39, 0.29) is 0 Å². The summed E-state index contributed by atoms with van der Waals surface area (Å²) in [5.74, 6) is 3.39. The zero-order valence-corrected chi connectivity index (χ0v) is 17.8. The van der Waals surface area contributed by atoms with Gasteiger partial charge in [0, 0.05) is 40.6 Å². The summed E-state index contributed by atoms with van der Waals surface area (Å²) in [4.78, 5) is 0. The maximum absolute atomic E-state index is 6.04. The highest BCUT2D eigenvalue weighted by Crippen LogP contribution is 2.27. The first-order chi connectivity index (χ1) is 14.6. The minimum absolute atomic E-state index is 0.463. The third kappa shape index (κ3) is 5.06. The monoisotopic (exact) mass is 437 g/mol. The number of halogens is 2. The fraction of sp³-hybridized carbons (Fsp3) is 0.120. The lowest BCUT2D eigenvalue weighted by Crippen LogP contribution is -2.00. The van der Waals surface area contributed by atoms with Gasteiger partial charge in [0.1, 0.15) is 23.0 Å². The van der Waals surface area contributed by atoms with Gasteiger partial charge in [0.05, 0.1) is 0 Å². The van der Waals surface area contributed by atoms with Crippen LogP contribution in [-0.4, -0.2) is 6.54 Å². The number of benzene rings is 2. The lowest BCUT2D eigenvalue weighted by molar-refractivity contribution is 0.516. The molecule has 5 heteroatoms. The second-order valence-corrected chi connectivity index (χ2v) is 7.87. The molecule has 0 radical (unpaired) electrons. The van der Waals surface area contributed by atoms with Crippen molar-refractivity contribution in [3.8, 4) is 22.6 Å². The molecule has 0 aliphatic heterocycles. The molecule has 0 amide bonds. The summed E-state index contributed by atoms with van der Waals surface area (Å²) in [6, 6.07) is 23.2. The van der Waals surface area contributed by atoms with Crippen molar-refractivity contribution in [2.45, 2.75) is 12.8 Å². The zero-order chi connectivity index (χ0) is 20.9. The smallest absolute Gasteiger partial charge is 0.134 e. The summed E-state index contributed by atoms with van der Waals surface area (Å²) in [6.07, 6.45) is 3.36. The van der Waals surface area contributed by atoms with Crippen LogP contribution in [-0.2, 0) is 12.8 Å². The first-order valence-electron chi connectivity index (χ1n) is 9.68. The van der Waals surface area contributed by atoms with Crippen molar-refractivity contribution in [1.82, 2.24) is 0 Å². The standard InChI is InChI=1S/C25H21Cl2NO2/c26-20-5-1-18(2-6-20)24-11-9-22(29-24)15-17(13-14-28)16-23-10-12-25(30-23)19-3-7-21(27)8-4-19/h1-13H,14-16,28H2. The van der Waals surface area contributed by atoms with Gasteiger partial charge in [0.25, 0.3) is 0 Å². The number of rotatable bonds is 7. The maximum atomic E-state index is 6.04. The molecule has 0 saturated heterocycles. The third-order valence-electron chi connectivity index (χ3n) is 4.79. The molecule has 30 heavy (non-hydrogen) atoms. The first-order valence-corrected chi connectivity index (χ1v) is 10.4. The Labute approximate surface area is 185 Å². The van der Waals surface area contributed by atoms with Crippen molar-refractivity contribution in [2.24, 2.45) is 5.73 Å². The maximum Gasteiger partial charge on any atom is 0.134 e. The molecule has 4 rings (SSSR count). The number of allylic oxidation sites excluding steroid dienone is 1. The van der Waals surface area contributed by atoms with Gasteiger partial charge in [0.15, 0.2) is 0 Å². The van der Waals surface area contributed by atoms with Crippen LogP contribution < -0.4 is 5.73 Å². The van der Waals surface area contributed by atoms with Crippen LogP contribution in [0.5, 0.6) is 0 Å². The molecule has 2 N–H and O–H groups in total. The SMILES string of the molecule is NCC=C(Cc1ccc(-c2ccc(Cl)cc2)o1)Cc1ccc(-c2ccc(Cl)cc2)o1. The normalized spacial score (nSPS) is 10.9. The lowest BCUT2D eigenvalue weighted by Gasteiger charge is -2.05. The highest BCUT2D eigenvalue weighted by Gasteiger charge is 2.11. The van der Waals surface area contributed by atoms with Gasteiger partial charge >= 0.3 is 0 Å². The molecule has 0 unspecified atom stereocenters. The van der Waals surface area contributed by atoms with Crippen LogP contribution in [0.2, 0.25) is 10.0 Å². The third-order valence-corrected chi connectivity index (χ3v) is 5.29. The average molecular weight is 438 g/mol. The van der Waals surface area contributed by atoms with E-state index < -0.39 is 0 Å². The number of furan rings is 2. The molecule has 2 aromatic carbocycles. The lowest BCUT2D eigenvalue weighted by atomic mass is 10.1. The van der Waals surface area contributed by atoms with Crippen molar-refractivity contribution in [3.63, 3.8) is 0 Å². The van der Waals surface area contributed by atoms with Gasteiger partial charge in [-0.15, -0.1) is 0 Å². The van der Waals surface area contributed by atoms with Gasteiger partial charge in [-0.2, -0.15) is 0 Å². The van der Waals surface area contributed by atoms with Crippen molar-refractivity contribution < 1.29 is 8.83 Å². The van der Waals surface area contributed by atoms with E-state index in [0.29, 0.717) is 29.4 Å². The fourth-order valence-electron chi connectivity index (χ4n) is 3.31. The van der Waals surface area contributed by atoms with E-state index >= 15 is 0 Å². The molecule has 4 aromatic rings. The Morgan fingerprint density at radius 2 is 1.10 bits per heavy atom. The second-order valence-electron chi connectivity index (χ2n) is 7.00. The van der Waals surface area contributed by atoms with Crippen LogP contribution in [0.4, 0.5) is 0 Å². The first kappa shape index (κ1) is 20.5. The predicted octanol–water partition coefficient (Wildman–Crippen LogP) is 7.18. The van der Waals surface area contributed by atoms with Crippen LogP contribution in [0.3, 0.4) is 0 Å². The number of hydrogen-bond acceptors (Lipinski definition) is 3. The van der Waals surface area contributed by atoms with Gasteiger partial charge in [0.2, 0.25) is 0 Å². The van der Waals surface area contributed by atoms with Crippen LogP contribution in [0.1, 0.15) is 11.5 Å². The molecule has 2 aromatic heterocycles. The molecule has 2 heterocycles. The van der Waals surface area contributed by atoms with E-state index in [0.717, 1.165) is 39.7 Å². The molecule has 152 valence electrons. The number of hydrogen-bond donors (Lipinski definition) is 1. The molecule has 0 aliphatic rings. The van der Waals surface area contributed by atoms with Gasteiger partial charge in [-0.3, -0.25) is 0 Å². The van der Waals surface area contributed by atoms with Crippen molar-refractivity contribution in [1.29, 1.82) is 0 Å². The highest BCUT2D eigenvalue weighted by atomic mass is 35.5. The average Bonchev–Trinajstić information content (AvgIpc) is 3.39. The molecule has 0 bridgehead atoms. The van der Waals surface area contributed by atoms with Gasteiger partial charge in [-0.1, -0.05) is 34.9 Å². The minimum Gasteiger partial charge on any atom is -0.461 e. The van der Waals surface area contributed by atoms with Gasteiger partial charge in [-0.05, 0) is 72.8 Å². The molecule has 0 aliphatic carbocycles.